The molecular weight excluding hydrogens is 376 g/mol. The third-order valence-electron chi connectivity index (χ3n) is 3.42. The maximum atomic E-state index is 12.3. The largest absolute Gasteiger partial charge is 0.491 e. The van der Waals surface area contributed by atoms with Crippen LogP contribution in [0.2, 0.25) is 5.02 Å². The number of hydrogen-bond acceptors (Lipinski definition) is 4. The van der Waals surface area contributed by atoms with Gasteiger partial charge in [-0.3, -0.25) is 9.52 Å². The molecule has 1 unspecified atom stereocenters. The van der Waals surface area contributed by atoms with Crippen molar-refractivity contribution < 1.29 is 17.9 Å². The highest BCUT2D eigenvalue weighted by Gasteiger charge is 2.15. The summed E-state index contributed by atoms with van der Waals surface area (Å²) in [6.45, 7) is 4.12. The van der Waals surface area contributed by atoms with Gasteiger partial charge in [0.05, 0.1) is 22.9 Å². The second-order valence-corrected chi connectivity index (χ2v) is 8.22. The Hall–Kier alpha value is -2.25. The fraction of sp³-hybridized carbons (Fsp3) is 0.278. The van der Waals surface area contributed by atoms with Gasteiger partial charge in [-0.05, 0) is 44.2 Å². The van der Waals surface area contributed by atoms with Gasteiger partial charge in [0.1, 0.15) is 12.4 Å². The van der Waals surface area contributed by atoms with Crippen molar-refractivity contribution >= 4 is 33.2 Å². The number of benzene rings is 2. The normalized spacial score (nSPS) is 12.3. The minimum Gasteiger partial charge on any atom is -0.491 e. The van der Waals surface area contributed by atoms with E-state index in [0.29, 0.717) is 12.3 Å². The van der Waals surface area contributed by atoms with E-state index < -0.39 is 10.0 Å². The fourth-order valence-electron chi connectivity index (χ4n) is 2.18. The molecule has 26 heavy (non-hydrogen) atoms. The summed E-state index contributed by atoms with van der Waals surface area (Å²) in [4.78, 5) is 12.3. The highest BCUT2D eigenvalue weighted by Crippen LogP contribution is 2.22. The average molecular weight is 397 g/mol. The Morgan fingerprint density at radius 2 is 1.85 bits per heavy atom. The van der Waals surface area contributed by atoms with Gasteiger partial charge in [0.25, 0.3) is 5.91 Å². The lowest BCUT2D eigenvalue weighted by Gasteiger charge is -2.16. The number of sulfonamides is 1. The first-order valence-electron chi connectivity index (χ1n) is 7.92. The molecule has 1 amide bonds. The van der Waals surface area contributed by atoms with E-state index in [1.54, 1.807) is 0 Å². The van der Waals surface area contributed by atoms with E-state index in [1.165, 1.54) is 18.2 Å². The SMILES string of the molecule is Cc1ccc(OCC(C)NC(=O)c2ccc(NS(C)(=O)=O)cc2Cl)cc1. The Kier molecular flexibility index (Phi) is 6.50. The van der Waals surface area contributed by atoms with E-state index in [-0.39, 0.29) is 22.5 Å². The topological polar surface area (TPSA) is 84.5 Å². The predicted octanol–water partition coefficient (Wildman–Crippen LogP) is 3.22. The summed E-state index contributed by atoms with van der Waals surface area (Å²) in [5, 5.41) is 2.95. The Balaban J connectivity index is 1.94. The molecule has 0 heterocycles. The van der Waals surface area contributed by atoms with E-state index in [9.17, 15) is 13.2 Å². The zero-order chi connectivity index (χ0) is 19.3. The highest BCUT2D eigenvalue weighted by atomic mass is 35.5. The lowest BCUT2D eigenvalue weighted by Crippen LogP contribution is -2.36. The molecule has 0 saturated heterocycles. The molecule has 1 atom stereocenters. The molecule has 0 aromatic heterocycles. The first-order chi connectivity index (χ1) is 12.1. The van der Waals surface area contributed by atoms with Crippen LogP contribution in [-0.4, -0.2) is 33.2 Å². The zero-order valence-corrected chi connectivity index (χ0v) is 16.3. The maximum absolute atomic E-state index is 12.3. The fourth-order valence-corrected chi connectivity index (χ4v) is 3.00. The highest BCUT2D eigenvalue weighted by molar-refractivity contribution is 7.92. The van der Waals surface area contributed by atoms with Crippen molar-refractivity contribution in [3.63, 3.8) is 0 Å². The van der Waals surface area contributed by atoms with Crippen LogP contribution in [0, 0.1) is 6.92 Å². The van der Waals surface area contributed by atoms with Crippen LogP contribution in [0.4, 0.5) is 5.69 Å². The van der Waals surface area contributed by atoms with Gasteiger partial charge in [-0.15, -0.1) is 0 Å². The maximum Gasteiger partial charge on any atom is 0.253 e. The molecule has 2 aromatic carbocycles. The second-order valence-electron chi connectivity index (χ2n) is 6.07. The van der Waals surface area contributed by atoms with Crippen LogP contribution < -0.4 is 14.8 Å². The van der Waals surface area contributed by atoms with Gasteiger partial charge in [0, 0.05) is 5.69 Å². The minimum absolute atomic E-state index is 0.155. The van der Waals surface area contributed by atoms with Crippen molar-refractivity contribution in [2.24, 2.45) is 0 Å². The first-order valence-corrected chi connectivity index (χ1v) is 10.2. The smallest absolute Gasteiger partial charge is 0.253 e. The van der Waals surface area contributed by atoms with E-state index in [1.807, 2.05) is 38.1 Å². The predicted molar refractivity (Wildman–Crippen MR) is 104 cm³/mol. The number of carbonyl (C=O) groups excluding carboxylic acids is 1. The Morgan fingerprint density at radius 1 is 1.19 bits per heavy atom. The van der Waals surface area contributed by atoms with Gasteiger partial charge >= 0.3 is 0 Å². The minimum atomic E-state index is -3.41. The van der Waals surface area contributed by atoms with Crippen molar-refractivity contribution in [2.75, 3.05) is 17.6 Å². The molecule has 0 bridgehead atoms. The standard InChI is InChI=1S/C18H21ClN2O4S/c1-12-4-7-15(8-5-12)25-11-13(2)20-18(22)16-9-6-14(10-17(16)19)21-26(3,23)24/h4-10,13,21H,11H2,1-3H3,(H,20,22). The number of nitrogens with one attached hydrogen (secondary N) is 2. The van der Waals surface area contributed by atoms with Gasteiger partial charge in [-0.25, -0.2) is 8.42 Å². The van der Waals surface area contributed by atoms with E-state index in [4.69, 9.17) is 16.3 Å². The number of anilines is 1. The van der Waals surface area contributed by atoms with Crippen molar-refractivity contribution in [3.8, 4) is 5.75 Å². The molecule has 2 N–H and O–H groups in total. The van der Waals surface area contributed by atoms with Crippen LogP contribution in [0.5, 0.6) is 5.75 Å². The Labute approximate surface area is 158 Å². The summed E-state index contributed by atoms with van der Waals surface area (Å²) in [6, 6.07) is 11.7. The van der Waals surface area contributed by atoms with Crippen molar-refractivity contribution in [2.45, 2.75) is 19.9 Å². The first kappa shape index (κ1) is 20.1. The molecule has 140 valence electrons. The molecule has 2 rings (SSSR count). The zero-order valence-electron chi connectivity index (χ0n) is 14.7. The molecule has 0 radical (unpaired) electrons. The van der Waals surface area contributed by atoms with Gasteiger partial charge in [0.15, 0.2) is 0 Å². The molecule has 0 aliphatic rings. The van der Waals surface area contributed by atoms with Gasteiger partial charge in [-0.1, -0.05) is 29.3 Å². The van der Waals surface area contributed by atoms with Crippen molar-refractivity contribution in [1.29, 1.82) is 0 Å². The Morgan fingerprint density at radius 3 is 2.42 bits per heavy atom. The summed E-state index contributed by atoms with van der Waals surface area (Å²) in [7, 11) is -3.41. The van der Waals surface area contributed by atoms with Crippen molar-refractivity contribution in [1.82, 2.24) is 5.32 Å². The van der Waals surface area contributed by atoms with Crippen LogP contribution in [0.1, 0.15) is 22.8 Å². The third kappa shape index (κ3) is 6.24. The third-order valence-corrected chi connectivity index (χ3v) is 4.33. The summed E-state index contributed by atoms with van der Waals surface area (Å²) in [5.74, 6) is 0.367. The molecular formula is C18H21ClN2O4S. The van der Waals surface area contributed by atoms with Crippen LogP contribution in [0.3, 0.4) is 0 Å². The molecule has 8 heteroatoms. The number of halogens is 1. The summed E-state index contributed by atoms with van der Waals surface area (Å²) < 4.78 is 30.4. The van der Waals surface area contributed by atoms with Crippen LogP contribution in [-0.2, 0) is 10.0 Å². The molecule has 2 aromatic rings. The lowest BCUT2D eigenvalue weighted by atomic mass is 10.2. The molecule has 0 spiro atoms. The Bertz CT molecular complexity index is 883. The summed E-state index contributed by atoms with van der Waals surface area (Å²) in [5.41, 5.74) is 1.69. The van der Waals surface area contributed by atoms with Gasteiger partial charge < -0.3 is 10.1 Å². The average Bonchev–Trinajstić information content (AvgIpc) is 2.52. The summed E-state index contributed by atoms with van der Waals surface area (Å²) >= 11 is 6.10. The number of rotatable bonds is 7. The van der Waals surface area contributed by atoms with E-state index in [2.05, 4.69) is 10.0 Å². The molecule has 0 aliphatic carbocycles. The van der Waals surface area contributed by atoms with Gasteiger partial charge in [0.2, 0.25) is 10.0 Å². The number of amides is 1. The number of ether oxygens (including phenoxy) is 1. The van der Waals surface area contributed by atoms with Crippen LogP contribution >= 0.6 is 11.6 Å². The van der Waals surface area contributed by atoms with Crippen LogP contribution in [0.15, 0.2) is 42.5 Å². The molecule has 6 nitrogen and oxygen atoms in total. The second kappa shape index (κ2) is 8.42. The quantitative estimate of drug-likeness (QED) is 0.752. The van der Waals surface area contributed by atoms with E-state index >= 15 is 0 Å². The number of carbonyl (C=O) groups is 1. The lowest BCUT2D eigenvalue weighted by molar-refractivity contribution is 0.0927. The number of aryl methyl sites for hydroxylation is 1. The summed E-state index contributed by atoms with van der Waals surface area (Å²) in [6.07, 6.45) is 1.04. The van der Waals surface area contributed by atoms with Crippen LogP contribution in [0.25, 0.3) is 0 Å². The number of hydrogen-bond donors (Lipinski definition) is 2. The monoisotopic (exact) mass is 396 g/mol. The molecule has 0 saturated carbocycles. The van der Waals surface area contributed by atoms with Gasteiger partial charge in [-0.2, -0.15) is 0 Å². The van der Waals surface area contributed by atoms with Crippen molar-refractivity contribution in [3.05, 3.63) is 58.6 Å². The van der Waals surface area contributed by atoms with E-state index in [0.717, 1.165) is 17.6 Å². The molecule has 0 aliphatic heterocycles. The molecule has 0 fully saturated rings.